The number of carbonyl (C=O) groups is 1. The predicted octanol–water partition coefficient (Wildman–Crippen LogP) is 3.36. The second-order valence-electron chi connectivity index (χ2n) is 4.36. The fourth-order valence-electron chi connectivity index (χ4n) is 2.15. The monoisotopic (exact) mass is 248 g/mol. The molecule has 0 bridgehead atoms. The molecule has 2 rings (SSSR count). The van der Waals surface area contributed by atoms with Crippen LogP contribution in [0.5, 0.6) is 0 Å². The van der Waals surface area contributed by atoms with Gasteiger partial charge in [-0.25, -0.2) is 0 Å². The van der Waals surface area contributed by atoms with Crippen LogP contribution in [-0.4, -0.2) is 5.91 Å². The number of nitriles is 1. The van der Waals surface area contributed by atoms with Crippen molar-refractivity contribution in [1.82, 2.24) is 0 Å². The van der Waals surface area contributed by atoms with Crippen molar-refractivity contribution in [3.63, 3.8) is 0 Å². The third-order valence-corrected chi connectivity index (χ3v) is 3.46. The number of anilines is 1. The Morgan fingerprint density at radius 2 is 1.88 bits per heavy atom. The van der Waals surface area contributed by atoms with Crippen molar-refractivity contribution in [2.24, 2.45) is 5.41 Å². The van der Waals surface area contributed by atoms with Crippen LogP contribution in [0.15, 0.2) is 24.3 Å². The Morgan fingerprint density at radius 3 is 2.41 bits per heavy atom. The first-order valence-corrected chi connectivity index (χ1v) is 6.02. The lowest BCUT2D eigenvalue weighted by Gasteiger charge is -2.19. The molecule has 0 saturated heterocycles. The topological polar surface area (TPSA) is 52.9 Å². The number of hydrogen-bond donors (Lipinski definition) is 1. The summed E-state index contributed by atoms with van der Waals surface area (Å²) in [5.74, 6) is -0.195. The van der Waals surface area contributed by atoms with E-state index < -0.39 is 5.41 Å². The van der Waals surface area contributed by atoms with Crippen molar-refractivity contribution >= 4 is 23.2 Å². The molecule has 0 spiro atoms. The smallest absolute Gasteiger partial charge is 0.244 e. The molecular formula is C13H13ClN2O. The Hall–Kier alpha value is -1.53. The van der Waals surface area contributed by atoms with Crippen LogP contribution >= 0.6 is 11.6 Å². The van der Waals surface area contributed by atoms with E-state index in [0.29, 0.717) is 23.6 Å². The predicted molar refractivity (Wildman–Crippen MR) is 66.6 cm³/mol. The Bertz CT molecular complexity index is 455. The quantitative estimate of drug-likeness (QED) is 0.873. The van der Waals surface area contributed by atoms with Crippen molar-refractivity contribution in [1.29, 1.82) is 5.26 Å². The maximum atomic E-state index is 12.1. The number of benzene rings is 1. The van der Waals surface area contributed by atoms with Crippen LogP contribution in [0.3, 0.4) is 0 Å². The molecule has 17 heavy (non-hydrogen) atoms. The first-order chi connectivity index (χ1) is 8.16. The minimum Gasteiger partial charge on any atom is -0.325 e. The molecule has 0 heterocycles. The van der Waals surface area contributed by atoms with Crippen LogP contribution < -0.4 is 5.32 Å². The normalized spacial score (nSPS) is 17.4. The summed E-state index contributed by atoms with van der Waals surface area (Å²) in [6.45, 7) is 0. The molecule has 1 aromatic carbocycles. The van der Waals surface area contributed by atoms with Gasteiger partial charge in [0.2, 0.25) is 5.91 Å². The lowest BCUT2D eigenvalue weighted by molar-refractivity contribution is -0.122. The second kappa shape index (κ2) is 4.77. The molecule has 0 radical (unpaired) electrons. The molecule has 1 saturated carbocycles. The zero-order chi connectivity index (χ0) is 12.3. The summed E-state index contributed by atoms with van der Waals surface area (Å²) in [6.07, 6.45) is 3.20. The molecule has 1 amide bonds. The van der Waals surface area contributed by atoms with E-state index in [9.17, 15) is 10.1 Å². The summed E-state index contributed by atoms with van der Waals surface area (Å²) >= 11 is 5.76. The first kappa shape index (κ1) is 11.9. The molecular weight excluding hydrogens is 236 g/mol. The van der Waals surface area contributed by atoms with Crippen LogP contribution in [0.25, 0.3) is 0 Å². The molecule has 88 valence electrons. The van der Waals surface area contributed by atoms with Gasteiger partial charge in [0.1, 0.15) is 5.41 Å². The lowest BCUT2D eigenvalue weighted by atomic mass is 9.87. The largest absolute Gasteiger partial charge is 0.325 e. The lowest BCUT2D eigenvalue weighted by Crippen LogP contribution is -2.32. The van der Waals surface area contributed by atoms with Gasteiger partial charge in [-0.15, -0.1) is 0 Å². The van der Waals surface area contributed by atoms with Gasteiger partial charge in [-0.1, -0.05) is 24.4 Å². The summed E-state index contributed by atoms with van der Waals surface area (Å²) in [5, 5.41) is 12.6. The van der Waals surface area contributed by atoms with Crippen molar-refractivity contribution in [2.75, 3.05) is 5.32 Å². The van der Waals surface area contributed by atoms with E-state index in [0.717, 1.165) is 12.8 Å². The molecule has 1 aromatic rings. The van der Waals surface area contributed by atoms with E-state index in [4.69, 9.17) is 11.6 Å². The summed E-state index contributed by atoms with van der Waals surface area (Å²) in [6, 6.07) is 9.07. The Morgan fingerprint density at radius 1 is 1.29 bits per heavy atom. The Balaban J connectivity index is 2.11. The van der Waals surface area contributed by atoms with E-state index in [1.165, 1.54) is 0 Å². The van der Waals surface area contributed by atoms with E-state index in [-0.39, 0.29) is 5.91 Å². The zero-order valence-corrected chi connectivity index (χ0v) is 10.1. The highest BCUT2D eigenvalue weighted by Crippen LogP contribution is 2.38. The highest BCUT2D eigenvalue weighted by molar-refractivity contribution is 6.30. The van der Waals surface area contributed by atoms with E-state index >= 15 is 0 Å². The number of carbonyl (C=O) groups excluding carboxylic acids is 1. The molecule has 0 atom stereocenters. The maximum absolute atomic E-state index is 12.1. The van der Waals surface area contributed by atoms with Crippen molar-refractivity contribution in [3.8, 4) is 6.07 Å². The third-order valence-electron chi connectivity index (χ3n) is 3.21. The minimum atomic E-state index is -0.834. The number of nitrogens with one attached hydrogen (secondary N) is 1. The molecule has 0 unspecified atom stereocenters. The van der Waals surface area contributed by atoms with Gasteiger partial charge in [0.25, 0.3) is 0 Å². The van der Waals surface area contributed by atoms with E-state index in [2.05, 4.69) is 11.4 Å². The molecule has 0 aliphatic heterocycles. The Kier molecular flexibility index (Phi) is 3.35. The first-order valence-electron chi connectivity index (χ1n) is 5.65. The van der Waals surface area contributed by atoms with Crippen molar-refractivity contribution in [3.05, 3.63) is 29.3 Å². The summed E-state index contributed by atoms with van der Waals surface area (Å²) in [5.41, 5.74) is -0.152. The molecule has 1 aliphatic carbocycles. The number of nitrogens with zero attached hydrogens (tertiary/aromatic N) is 1. The molecule has 3 nitrogen and oxygen atoms in total. The van der Waals surface area contributed by atoms with Gasteiger partial charge in [-0.3, -0.25) is 4.79 Å². The number of hydrogen-bond acceptors (Lipinski definition) is 2. The zero-order valence-electron chi connectivity index (χ0n) is 9.37. The van der Waals surface area contributed by atoms with Crippen LogP contribution in [-0.2, 0) is 4.79 Å². The SMILES string of the molecule is N#CC1(C(=O)Nc2ccc(Cl)cc2)CCCC1. The molecule has 0 aromatic heterocycles. The van der Waals surface area contributed by atoms with Crippen LogP contribution in [0, 0.1) is 16.7 Å². The molecule has 1 N–H and O–H groups in total. The molecule has 4 heteroatoms. The maximum Gasteiger partial charge on any atom is 0.244 e. The van der Waals surface area contributed by atoms with Gasteiger partial charge in [-0.2, -0.15) is 5.26 Å². The van der Waals surface area contributed by atoms with Crippen LogP contribution in [0.4, 0.5) is 5.69 Å². The highest BCUT2D eigenvalue weighted by atomic mass is 35.5. The minimum absolute atomic E-state index is 0.195. The van der Waals surface area contributed by atoms with E-state index in [1.807, 2.05) is 0 Å². The average Bonchev–Trinajstić information content (AvgIpc) is 2.82. The molecule has 1 fully saturated rings. The number of amides is 1. The summed E-state index contributed by atoms with van der Waals surface area (Å²) < 4.78 is 0. The fraction of sp³-hybridized carbons (Fsp3) is 0.385. The molecule has 1 aliphatic rings. The Labute approximate surface area is 105 Å². The van der Waals surface area contributed by atoms with Gasteiger partial charge in [0, 0.05) is 10.7 Å². The van der Waals surface area contributed by atoms with Crippen molar-refractivity contribution < 1.29 is 4.79 Å². The van der Waals surface area contributed by atoms with Gasteiger partial charge < -0.3 is 5.32 Å². The standard InChI is InChI=1S/C13H13ClN2O/c14-10-3-5-11(6-4-10)16-12(17)13(9-15)7-1-2-8-13/h3-6H,1-2,7-8H2,(H,16,17). The van der Waals surface area contributed by atoms with Gasteiger partial charge >= 0.3 is 0 Å². The average molecular weight is 249 g/mol. The fourth-order valence-corrected chi connectivity index (χ4v) is 2.28. The summed E-state index contributed by atoms with van der Waals surface area (Å²) in [7, 11) is 0. The van der Waals surface area contributed by atoms with Gasteiger partial charge in [0.15, 0.2) is 0 Å². The van der Waals surface area contributed by atoms with Gasteiger partial charge in [0.05, 0.1) is 6.07 Å². The van der Waals surface area contributed by atoms with Crippen LogP contribution in [0.1, 0.15) is 25.7 Å². The number of rotatable bonds is 2. The summed E-state index contributed by atoms with van der Waals surface area (Å²) in [4.78, 5) is 12.1. The number of halogens is 1. The highest BCUT2D eigenvalue weighted by Gasteiger charge is 2.41. The van der Waals surface area contributed by atoms with Crippen LogP contribution in [0.2, 0.25) is 5.02 Å². The second-order valence-corrected chi connectivity index (χ2v) is 4.80. The van der Waals surface area contributed by atoms with E-state index in [1.54, 1.807) is 24.3 Å². The van der Waals surface area contributed by atoms with Crippen molar-refractivity contribution in [2.45, 2.75) is 25.7 Å². The van der Waals surface area contributed by atoms with Gasteiger partial charge in [-0.05, 0) is 37.1 Å². The third kappa shape index (κ3) is 2.42.